The number of unbranched alkanes of at least 4 members (excludes halogenated alkanes) is 4. The highest BCUT2D eigenvalue weighted by Crippen LogP contribution is 2.58. The van der Waals surface area contributed by atoms with Crippen LogP contribution in [0.3, 0.4) is 0 Å². The topological polar surface area (TPSA) is 156 Å². The minimum Gasteiger partial charge on any atom is -0.499 e. The van der Waals surface area contributed by atoms with Crippen LogP contribution in [0.5, 0.6) is 0 Å². The van der Waals surface area contributed by atoms with E-state index in [0.717, 1.165) is 55.2 Å². The highest BCUT2D eigenvalue weighted by molar-refractivity contribution is 5.96. The third-order valence-corrected chi connectivity index (χ3v) is 11.7. The molecule has 2 bridgehead atoms. The second kappa shape index (κ2) is 19.1. The van der Waals surface area contributed by atoms with Crippen LogP contribution in [0.2, 0.25) is 0 Å². The molecule has 3 aliphatic heterocycles. The van der Waals surface area contributed by atoms with Crippen molar-refractivity contribution in [2.45, 2.75) is 127 Å². The van der Waals surface area contributed by atoms with Gasteiger partial charge in [-0.15, -0.1) is 0 Å². The molecule has 1 saturated carbocycles. The molecule has 2 aromatic carbocycles. The summed E-state index contributed by atoms with van der Waals surface area (Å²) in [5, 5.41) is 23.1. The van der Waals surface area contributed by atoms with Crippen LogP contribution in [0.25, 0.3) is 6.08 Å². The monoisotopic (exact) mass is 777 g/mol. The second-order valence-corrected chi connectivity index (χ2v) is 15.4. The van der Waals surface area contributed by atoms with E-state index in [-0.39, 0.29) is 45.8 Å². The maximum atomic E-state index is 15.5. The Morgan fingerprint density at radius 1 is 0.982 bits per heavy atom. The first kappa shape index (κ1) is 41.8. The highest BCUT2D eigenvalue weighted by atomic mass is 16.8. The van der Waals surface area contributed by atoms with E-state index in [0.29, 0.717) is 12.8 Å². The molecule has 2 aromatic rings. The number of fused-ring (bicyclic) bond motifs is 4. The zero-order chi connectivity index (χ0) is 39.7. The first-order valence-corrected chi connectivity index (χ1v) is 20.4. The van der Waals surface area contributed by atoms with Crippen LogP contribution in [0.4, 0.5) is 0 Å². The maximum absolute atomic E-state index is 15.5. The molecule has 0 radical (unpaired) electrons. The quantitative estimate of drug-likeness (QED) is 0.0945. The summed E-state index contributed by atoms with van der Waals surface area (Å²) in [6, 6.07) is 14.9. The van der Waals surface area contributed by atoms with E-state index in [4.69, 9.17) is 23.8 Å². The van der Waals surface area contributed by atoms with Gasteiger partial charge in [-0.1, -0.05) is 94.1 Å². The lowest BCUT2D eigenvalue weighted by molar-refractivity contribution is -0.225. The number of hydrogen-bond acceptors (Lipinski definition) is 11. The smallest absolute Gasteiger partial charge is 0.327 e. The molecule has 56 heavy (non-hydrogen) atoms. The third kappa shape index (κ3) is 8.68. The number of esters is 1. The molecule has 4 aliphatic rings. The Labute approximate surface area is 330 Å². The lowest BCUT2D eigenvalue weighted by Crippen LogP contribution is -2.70. The first-order valence-electron chi connectivity index (χ1n) is 20.4. The van der Waals surface area contributed by atoms with Crippen LogP contribution in [-0.4, -0.2) is 114 Å². The van der Waals surface area contributed by atoms with Crippen molar-refractivity contribution < 1.29 is 48.4 Å². The summed E-state index contributed by atoms with van der Waals surface area (Å²) < 4.78 is 25.6. The molecule has 3 N–H and O–H groups in total. The largest absolute Gasteiger partial charge is 0.499 e. The Balaban J connectivity index is 1.40. The van der Waals surface area contributed by atoms with Gasteiger partial charge in [0.15, 0.2) is 11.8 Å². The molecule has 13 nitrogen and oxygen atoms in total. The van der Waals surface area contributed by atoms with Crippen LogP contribution in [0.1, 0.15) is 88.3 Å². The molecule has 0 aromatic heterocycles. The molecule has 306 valence electrons. The van der Waals surface area contributed by atoms with Gasteiger partial charge in [-0.25, -0.2) is 0 Å². The fourth-order valence-electron chi connectivity index (χ4n) is 8.94. The van der Waals surface area contributed by atoms with Crippen molar-refractivity contribution >= 4 is 23.9 Å². The number of nitrogens with one attached hydrogen (secondary N) is 1. The molecule has 6 rings (SSSR count). The first-order chi connectivity index (χ1) is 27.2. The fourth-order valence-corrected chi connectivity index (χ4v) is 8.94. The Morgan fingerprint density at radius 2 is 1.68 bits per heavy atom. The van der Waals surface area contributed by atoms with E-state index in [1.165, 1.54) is 11.2 Å². The van der Waals surface area contributed by atoms with E-state index < -0.39 is 65.5 Å². The summed E-state index contributed by atoms with van der Waals surface area (Å²) in [7, 11) is 1.60. The normalized spacial score (nSPS) is 26.8. The number of carbonyl (C=O) groups is 3. The number of nitrogens with zero attached hydrogens (tertiary/aromatic N) is 2. The molecular formula is C43H59N3O10. The van der Waals surface area contributed by atoms with Gasteiger partial charge in [0.25, 0.3) is 0 Å². The minimum atomic E-state index is -1.48. The van der Waals surface area contributed by atoms with Crippen molar-refractivity contribution in [2.24, 2.45) is 5.41 Å². The summed E-state index contributed by atoms with van der Waals surface area (Å²) >= 11 is 0. The minimum absolute atomic E-state index is 0.0276. The van der Waals surface area contributed by atoms with Gasteiger partial charge in [-0.2, -0.15) is 5.06 Å². The lowest BCUT2D eigenvalue weighted by atomic mass is 9.62. The number of hydroxylamine groups is 2. The highest BCUT2D eigenvalue weighted by Gasteiger charge is 2.76. The Bertz CT molecular complexity index is 1650. The molecule has 3 heterocycles. The molecule has 1 aliphatic carbocycles. The van der Waals surface area contributed by atoms with E-state index in [1.54, 1.807) is 18.2 Å². The summed E-state index contributed by atoms with van der Waals surface area (Å²) in [4.78, 5) is 52.1. The number of aliphatic hydroxyl groups is 2. The van der Waals surface area contributed by atoms with Crippen molar-refractivity contribution in [3.05, 3.63) is 77.5 Å². The number of amides is 2. The number of aliphatic hydroxyl groups excluding tert-OH is 2. The van der Waals surface area contributed by atoms with Gasteiger partial charge in [0.1, 0.15) is 42.5 Å². The standard InChI is InChI=1S/C43H59N3O10/c1-4-6-13-20-42(21-14-7-5-2)54-35-34-28-43(41(51)45(3)33(39(49)44-22-23-47)27-30-15-9-8-10-16-30)37(40(50)53-34)46(56-38(43)36(35)55-42)29-32-18-12-11-17-31(32)19-25-52-26-24-48/h8-12,15-19,25,33-38,47-48H,4-7,13-14,20-24,26-29H2,1-3H3,(H,44,49)/t33-,34-,35+,36+,37+,38-,43+/m1/s1. The van der Waals surface area contributed by atoms with Crippen LogP contribution >= 0.6 is 0 Å². The van der Waals surface area contributed by atoms with Crippen LogP contribution in [0, 0.1) is 5.41 Å². The lowest BCUT2D eigenvalue weighted by Gasteiger charge is -2.50. The Morgan fingerprint density at radius 3 is 2.38 bits per heavy atom. The number of hydrogen-bond donors (Lipinski definition) is 3. The zero-order valence-electron chi connectivity index (χ0n) is 33.0. The molecule has 7 atom stereocenters. The third-order valence-electron chi connectivity index (χ3n) is 11.7. The SMILES string of the molecule is CCCCCC1(CCCCC)O[C@@H]2[C@H](O1)[C@H]1ON(Cc3ccccc3C=COCCO)[C@H]3C(=O)O[C@@H]2C[C@@]13C(=O)N(C)[C@H](Cc1ccccc1)C(=O)NCCO. The van der Waals surface area contributed by atoms with Gasteiger partial charge in [0.05, 0.1) is 26.0 Å². The fraction of sp³-hybridized carbons (Fsp3) is 0.605. The van der Waals surface area contributed by atoms with E-state index >= 15 is 4.79 Å². The molecule has 2 amide bonds. The summed E-state index contributed by atoms with van der Waals surface area (Å²) in [5.74, 6) is -2.35. The van der Waals surface area contributed by atoms with Gasteiger partial charge in [0, 0.05) is 39.3 Å². The van der Waals surface area contributed by atoms with Crippen molar-refractivity contribution in [1.82, 2.24) is 15.3 Å². The number of rotatable bonds is 21. The van der Waals surface area contributed by atoms with E-state index in [2.05, 4.69) is 19.2 Å². The van der Waals surface area contributed by atoms with Crippen molar-refractivity contribution in [3.8, 4) is 0 Å². The molecule has 0 spiro atoms. The van der Waals surface area contributed by atoms with Crippen LogP contribution in [-0.2, 0) is 51.1 Å². The average molecular weight is 778 g/mol. The van der Waals surface area contributed by atoms with Crippen molar-refractivity contribution in [2.75, 3.05) is 33.4 Å². The summed E-state index contributed by atoms with van der Waals surface area (Å²) in [5.41, 5.74) is 0.975. The summed E-state index contributed by atoms with van der Waals surface area (Å²) in [6.07, 6.45) is 7.79. The molecular weight excluding hydrogens is 718 g/mol. The summed E-state index contributed by atoms with van der Waals surface area (Å²) in [6.45, 7) is 4.23. The molecule has 13 heteroatoms. The van der Waals surface area contributed by atoms with Crippen LogP contribution < -0.4 is 5.32 Å². The predicted molar refractivity (Wildman–Crippen MR) is 207 cm³/mol. The van der Waals surface area contributed by atoms with Crippen molar-refractivity contribution in [1.29, 1.82) is 0 Å². The van der Waals surface area contributed by atoms with Gasteiger partial charge in [-0.05, 0) is 35.6 Å². The Hall–Kier alpha value is -3.85. The van der Waals surface area contributed by atoms with E-state index in [1.807, 2.05) is 54.6 Å². The van der Waals surface area contributed by atoms with E-state index in [9.17, 15) is 19.8 Å². The zero-order valence-corrected chi connectivity index (χ0v) is 33.0. The van der Waals surface area contributed by atoms with Crippen LogP contribution in [0.15, 0.2) is 60.9 Å². The molecule has 4 fully saturated rings. The average Bonchev–Trinajstić information content (AvgIpc) is 3.76. The molecule has 0 unspecified atom stereocenters. The molecule has 3 saturated heterocycles. The Kier molecular flexibility index (Phi) is 14.2. The van der Waals surface area contributed by atoms with Gasteiger partial charge < -0.3 is 39.4 Å². The van der Waals surface area contributed by atoms with Gasteiger partial charge in [0.2, 0.25) is 11.8 Å². The second-order valence-electron chi connectivity index (χ2n) is 15.4. The number of likely N-dealkylation sites (N-methyl/N-ethyl adjacent to an activating group) is 1. The number of benzene rings is 2. The van der Waals surface area contributed by atoms with Gasteiger partial charge in [-0.3, -0.25) is 19.2 Å². The number of ether oxygens (including phenoxy) is 4. The van der Waals surface area contributed by atoms with Crippen molar-refractivity contribution in [3.63, 3.8) is 0 Å². The predicted octanol–water partition coefficient (Wildman–Crippen LogP) is 4.29. The number of carbonyl (C=O) groups excluding carboxylic acids is 3. The maximum Gasteiger partial charge on any atom is 0.327 e. The van der Waals surface area contributed by atoms with Gasteiger partial charge >= 0.3 is 5.97 Å².